The van der Waals surface area contributed by atoms with Gasteiger partial charge in [-0.2, -0.15) is 0 Å². The Balaban J connectivity index is 1.55. The SMILES string of the molecule is Nc1cccc(CN2CC3(CCCCCC3)C2)c1. The first-order valence-electron chi connectivity index (χ1n) is 7.33. The number of hydrogen-bond donors (Lipinski definition) is 1. The molecule has 0 bridgehead atoms. The zero-order chi connectivity index (χ0) is 12.4. The first kappa shape index (κ1) is 12.0. The van der Waals surface area contributed by atoms with Crippen molar-refractivity contribution in [3.63, 3.8) is 0 Å². The van der Waals surface area contributed by atoms with E-state index in [1.165, 1.54) is 57.2 Å². The lowest BCUT2D eigenvalue weighted by atomic mass is 9.73. The number of likely N-dealkylation sites (tertiary alicyclic amines) is 1. The van der Waals surface area contributed by atoms with Crippen molar-refractivity contribution in [3.8, 4) is 0 Å². The fourth-order valence-corrected chi connectivity index (χ4v) is 3.76. The second-order valence-corrected chi connectivity index (χ2v) is 6.30. The van der Waals surface area contributed by atoms with E-state index >= 15 is 0 Å². The number of benzene rings is 1. The average molecular weight is 244 g/mol. The summed E-state index contributed by atoms with van der Waals surface area (Å²) >= 11 is 0. The van der Waals surface area contributed by atoms with E-state index in [4.69, 9.17) is 5.73 Å². The largest absolute Gasteiger partial charge is 0.399 e. The van der Waals surface area contributed by atoms with E-state index < -0.39 is 0 Å². The van der Waals surface area contributed by atoms with Gasteiger partial charge in [0.05, 0.1) is 0 Å². The van der Waals surface area contributed by atoms with Gasteiger partial charge in [-0.1, -0.05) is 37.8 Å². The van der Waals surface area contributed by atoms with Gasteiger partial charge in [0, 0.05) is 25.3 Å². The van der Waals surface area contributed by atoms with Crippen molar-refractivity contribution in [2.75, 3.05) is 18.8 Å². The maximum absolute atomic E-state index is 5.83. The Morgan fingerprint density at radius 1 is 1.06 bits per heavy atom. The Labute approximate surface area is 110 Å². The molecule has 1 aliphatic carbocycles. The fourth-order valence-electron chi connectivity index (χ4n) is 3.76. The van der Waals surface area contributed by atoms with E-state index in [-0.39, 0.29) is 0 Å². The lowest BCUT2D eigenvalue weighted by Crippen LogP contribution is -2.55. The maximum Gasteiger partial charge on any atom is 0.0317 e. The van der Waals surface area contributed by atoms with Gasteiger partial charge in [-0.3, -0.25) is 4.90 Å². The quantitative estimate of drug-likeness (QED) is 0.808. The second kappa shape index (κ2) is 4.93. The molecule has 1 saturated heterocycles. The topological polar surface area (TPSA) is 29.3 Å². The molecular formula is C16H24N2. The Morgan fingerprint density at radius 2 is 1.78 bits per heavy atom. The zero-order valence-corrected chi connectivity index (χ0v) is 11.2. The summed E-state index contributed by atoms with van der Waals surface area (Å²) in [5, 5.41) is 0. The van der Waals surface area contributed by atoms with Crippen molar-refractivity contribution in [1.82, 2.24) is 4.90 Å². The molecule has 1 spiro atoms. The van der Waals surface area contributed by atoms with E-state index in [0.717, 1.165) is 12.2 Å². The minimum absolute atomic E-state index is 0.677. The van der Waals surface area contributed by atoms with Crippen LogP contribution in [0.2, 0.25) is 0 Å². The van der Waals surface area contributed by atoms with E-state index in [2.05, 4.69) is 23.1 Å². The molecule has 3 rings (SSSR count). The van der Waals surface area contributed by atoms with Crippen LogP contribution in [0, 0.1) is 5.41 Å². The van der Waals surface area contributed by atoms with Crippen LogP contribution in [0.25, 0.3) is 0 Å². The molecule has 2 aliphatic rings. The van der Waals surface area contributed by atoms with Gasteiger partial charge in [0.25, 0.3) is 0 Å². The van der Waals surface area contributed by atoms with Gasteiger partial charge in [0.1, 0.15) is 0 Å². The van der Waals surface area contributed by atoms with Crippen LogP contribution in [0.1, 0.15) is 44.1 Å². The van der Waals surface area contributed by atoms with E-state index in [1.807, 2.05) is 6.07 Å². The summed E-state index contributed by atoms with van der Waals surface area (Å²) in [6.45, 7) is 3.69. The third kappa shape index (κ3) is 2.54. The standard InChI is InChI=1S/C16H24N2/c17-15-7-5-6-14(10-15)11-18-12-16(13-18)8-3-1-2-4-9-16/h5-7,10H,1-4,8-9,11-13,17H2. The van der Waals surface area contributed by atoms with Crippen molar-refractivity contribution in [3.05, 3.63) is 29.8 Å². The Kier molecular flexibility index (Phi) is 3.29. The van der Waals surface area contributed by atoms with Gasteiger partial charge in [-0.15, -0.1) is 0 Å². The molecule has 0 atom stereocenters. The predicted octanol–water partition coefficient (Wildman–Crippen LogP) is 3.43. The van der Waals surface area contributed by atoms with Crippen molar-refractivity contribution in [2.24, 2.45) is 5.41 Å². The highest BCUT2D eigenvalue weighted by Gasteiger charge is 2.42. The van der Waals surface area contributed by atoms with Crippen molar-refractivity contribution in [2.45, 2.75) is 45.1 Å². The Hall–Kier alpha value is -1.02. The molecule has 0 radical (unpaired) electrons. The lowest BCUT2D eigenvalue weighted by molar-refractivity contribution is -0.0176. The van der Waals surface area contributed by atoms with E-state index in [1.54, 1.807) is 0 Å². The monoisotopic (exact) mass is 244 g/mol. The van der Waals surface area contributed by atoms with Crippen LogP contribution in [-0.2, 0) is 6.54 Å². The fraction of sp³-hybridized carbons (Fsp3) is 0.625. The van der Waals surface area contributed by atoms with Crippen LogP contribution < -0.4 is 5.73 Å². The van der Waals surface area contributed by atoms with Gasteiger partial charge >= 0.3 is 0 Å². The van der Waals surface area contributed by atoms with Crippen LogP contribution in [0.15, 0.2) is 24.3 Å². The second-order valence-electron chi connectivity index (χ2n) is 6.30. The summed E-state index contributed by atoms with van der Waals surface area (Å²) < 4.78 is 0. The molecule has 2 N–H and O–H groups in total. The van der Waals surface area contributed by atoms with E-state index in [9.17, 15) is 0 Å². The molecule has 1 aliphatic heterocycles. The van der Waals surface area contributed by atoms with Gasteiger partial charge < -0.3 is 5.73 Å². The Bertz CT molecular complexity index is 397. The van der Waals surface area contributed by atoms with Gasteiger partial charge in [-0.05, 0) is 36.0 Å². The Morgan fingerprint density at radius 3 is 2.44 bits per heavy atom. The zero-order valence-electron chi connectivity index (χ0n) is 11.2. The molecule has 1 aromatic rings. The minimum Gasteiger partial charge on any atom is -0.399 e. The number of nitrogen functional groups attached to an aromatic ring is 1. The first-order chi connectivity index (χ1) is 8.76. The molecule has 0 aromatic heterocycles. The molecule has 18 heavy (non-hydrogen) atoms. The highest BCUT2D eigenvalue weighted by atomic mass is 15.2. The third-order valence-electron chi connectivity index (χ3n) is 4.64. The molecule has 2 heteroatoms. The molecule has 2 nitrogen and oxygen atoms in total. The van der Waals surface area contributed by atoms with Crippen molar-refractivity contribution < 1.29 is 0 Å². The summed E-state index contributed by atoms with van der Waals surface area (Å²) in [4.78, 5) is 2.58. The summed E-state index contributed by atoms with van der Waals surface area (Å²) in [5.74, 6) is 0. The molecule has 1 heterocycles. The predicted molar refractivity (Wildman–Crippen MR) is 76.3 cm³/mol. The average Bonchev–Trinajstić information content (AvgIpc) is 2.54. The summed E-state index contributed by atoms with van der Waals surface area (Å²) in [6, 6.07) is 8.32. The number of hydrogen-bond acceptors (Lipinski definition) is 2. The first-order valence-corrected chi connectivity index (χ1v) is 7.33. The minimum atomic E-state index is 0.677. The number of nitrogens with two attached hydrogens (primary N) is 1. The van der Waals surface area contributed by atoms with Crippen LogP contribution in [0.5, 0.6) is 0 Å². The van der Waals surface area contributed by atoms with Crippen LogP contribution in [0.4, 0.5) is 5.69 Å². The molecule has 0 amide bonds. The maximum atomic E-state index is 5.83. The van der Waals surface area contributed by atoms with Crippen LogP contribution in [0.3, 0.4) is 0 Å². The van der Waals surface area contributed by atoms with Crippen molar-refractivity contribution in [1.29, 1.82) is 0 Å². The molecular weight excluding hydrogens is 220 g/mol. The summed E-state index contributed by atoms with van der Waals surface area (Å²) in [7, 11) is 0. The molecule has 1 aromatic carbocycles. The summed E-state index contributed by atoms with van der Waals surface area (Å²) in [6.07, 6.45) is 8.73. The van der Waals surface area contributed by atoms with Gasteiger partial charge in [0.2, 0.25) is 0 Å². The van der Waals surface area contributed by atoms with Crippen LogP contribution >= 0.6 is 0 Å². The summed E-state index contributed by atoms with van der Waals surface area (Å²) in [5.41, 5.74) is 8.76. The highest BCUT2D eigenvalue weighted by molar-refractivity contribution is 5.40. The van der Waals surface area contributed by atoms with E-state index in [0.29, 0.717) is 5.41 Å². The number of nitrogens with zero attached hydrogens (tertiary/aromatic N) is 1. The number of anilines is 1. The normalized spacial score (nSPS) is 23.6. The van der Waals surface area contributed by atoms with Crippen molar-refractivity contribution >= 4 is 5.69 Å². The number of rotatable bonds is 2. The van der Waals surface area contributed by atoms with Gasteiger partial charge in [-0.25, -0.2) is 0 Å². The lowest BCUT2D eigenvalue weighted by Gasteiger charge is -2.50. The van der Waals surface area contributed by atoms with Crippen LogP contribution in [-0.4, -0.2) is 18.0 Å². The molecule has 98 valence electrons. The third-order valence-corrected chi connectivity index (χ3v) is 4.64. The molecule has 1 saturated carbocycles. The highest BCUT2D eigenvalue weighted by Crippen LogP contribution is 2.43. The van der Waals surface area contributed by atoms with Gasteiger partial charge in [0.15, 0.2) is 0 Å². The molecule has 2 fully saturated rings. The smallest absolute Gasteiger partial charge is 0.0317 e. The molecule has 0 unspecified atom stereocenters.